The summed E-state index contributed by atoms with van der Waals surface area (Å²) in [5, 5.41) is 10.7. The van der Waals surface area contributed by atoms with Gasteiger partial charge in [-0.3, -0.25) is 0 Å². The molecule has 0 unspecified atom stereocenters. The fraction of sp³-hybridized carbons (Fsp3) is 0.789. The number of unbranched alkanes of at least 4 members (excludes halogenated alkanes) is 7. The van der Waals surface area contributed by atoms with E-state index in [-0.39, 0.29) is 6.42 Å². The molecular formula is C19H34N2O2. The predicted molar refractivity (Wildman–Crippen MR) is 90.9 cm³/mol. The van der Waals surface area contributed by atoms with Crippen molar-refractivity contribution in [1.82, 2.24) is 4.57 Å². The average Bonchev–Trinajstić information content (AvgIpc) is 2.90. The lowest BCUT2D eigenvalue weighted by Crippen LogP contribution is -2.37. The van der Waals surface area contributed by atoms with Gasteiger partial charge in [-0.05, 0) is 12.8 Å². The molecule has 0 fully saturated rings. The molecule has 0 saturated carbocycles. The summed E-state index contributed by atoms with van der Waals surface area (Å²) in [5.74, 6) is 0.290. The third kappa shape index (κ3) is 8.19. The van der Waals surface area contributed by atoms with Crippen molar-refractivity contribution < 1.29 is 14.5 Å². The van der Waals surface area contributed by atoms with Crippen molar-refractivity contribution >= 4 is 5.97 Å². The number of imidazole rings is 1. The molecule has 0 bridgehead atoms. The van der Waals surface area contributed by atoms with Crippen LogP contribution in [0.5, 0.6) is 0 Å². The second kappa shape index (κ2) is 12.1. The van der Waals surface area contributed by atoms with E-state index in [9.17, 15) is 9.90 Å². The highest BCUT2D eigenvalue weighted by atomic mass is 16.4. The highest BCUT2D eigenvalue weighted by Gasteiger charge is 2.15. The zero-order valence-corrected chi connectivity index (χ0v) is 15.1. The summed E-state index contributed by atoms with van der Waals surface area (Å²) in [5.41, 5.74) is 0. The molecule has 0 aromatic carbocycles. The van der Waals surface area contributed by atoms with E-state index >= 15 is 0 Å². The maximum absolute atomic E-state index is 10.7. The fourth-order valence-corrected chi connectivity index (χ4v) is 3.06. The summed E-state index contributed by atoms with van der Waals surface area (Å²) in [6, 6.07) is 0. The second-order valence-corrected chi connectivity index (χ2v) is 6.45. The first-order valence-electron chi connectivity index (χ1n) is 9.46. The van der Waals surface area contributed by atoms with Crippen molar-refractivity contribution in [3.05, 3.63) is 18.2 Å². The monoisotopic (exact) mass is 322 g/mol. The van der Waals surface area contributed by atoms with E-state index in [0.717, 1.165) is 19.4 Å². The number of aryl methyl sites for hydroxylation is 2. The number of carbonyl (C=O) groups is 1. The first kappa shape index (κ1) is 19.7. The molecule has 0 saturated heterocycles. The molecule has 0 radical (unpaired) electrons. The largest absolute Gasteiger partial charge is 0.550 e. The van der Waals surface area contributed by atoms with Gasteiger partial charge in [0.25, 0.3) is 5.82 Å². The Hall–Kier alpha value is -1.32. The molecule has 0 aliphatic rings. The number of rotatable bonds is 14. The summed E-state index contributed by atoms with van der Waals surface area (Å²) in [6.45, 7) is 5.95. The maximum atomic E-state index is 10.7. The van der Waals surface area contributed by atoms with Crippen LogP contribution in [0.25, 0.3) is 0 Å². The lowest BCUT2D eigenvalue weighted by Gasteiger charge is -2.06. The quantitative estimate of drug-likeness (QED) is 0.390. The van der Waals surface area contributed by atoms with Gasteiger partial charge in [-0.15, -0.1) is 0 Å². The number of hydrogen-bond donors (Lipinski definition) is 0. The van der Waals surface area contributed by atoms with Crippen LogP contribution in [0.1, 0.15) is 83.9 Å². The number of aromatic nitrogens is 2. The zero-order chi connectivity index (χ0) is 16.9. The van der Waals surface area contributed by atoms with E-state index in [1.54, 1.807) is 0 Å². The Balaban J connectivity index is 2.37. The minimum absolute atomic E-state index is 0.0885. The summed E-state index contributed by atoms with van der Waals surface area (Å²) < 4.78 is 4.36. The second-order valence-electron chi connectivity index (χ2n) is 6.45. The van der Waals surface area contributed by atoms with Crippen molar-refractivity contribution in [3.8, 4) is 0 Å². The topological polar surface area (TPSA) is 48.9 Å². The number of carboxylic acids is 1. The smallest absolute Gasteiger partial charge is 0.256 e. The van der Waals surface area contributed by atoms with Crippen LogP contribution in [0.4, 0.5) is 0 Å². The Bertz CT molecular complexity index is 441. The molecule has 0 aliphatic heterocycles. The summed E-state index contributed by atoms with van der Waals surface area (Å²) >= 11 is 0. The molecule has 4 heteroatoms. The van der Waals surface area contributed by atoms with Gasteiger partial charge >= 0.3 is 0 Å². The first-order valence-corrected chi connectivity index (χ1v) is 9.46. The SMILES string of the molecule is CCCCCCCCCCc1n(CCC(=O)[O-])cc[n+]1CCC. The summed E-state index contributed by atoms with van der Waals surface area (Å²) in [6.07, 6.45) is 16.8. The molecule has 0 spiro atoms. The van der Waals surface area contributed by atoms with E-state index < -0.39 is 5.97 Å². The molecule has 0 N–H and O–H groups in total. The molecule has 1 aromatic rings. The molecule has 0 atom stereocenters. The Kier molecular flexibility index (Phi) is 10.4. The first-order chi connectivity index (χ1) is 11.2. The van der Waals surface area contributed by atoms with Gasteiger partial charge < -0.3 is 9.90 Å². The van der Waals surface area contributed by atoms with Crippen LogP contribution >= 0.6 is 0 Å². The van der Waals surface area contributed by atoms with Crippen LogP contribution in [0, 0.1) is 0 Å². The fourth-order valence-electron chi connectivity index (χ4n) is 3.06. The zero-order valence-electron chi connectivity index (χ0n) is 15.1. The van der Waals surface area contributed by atoms with Crippen molar-refractivity contribution in [2.24, 2.45) is 0 Å². The summed E-state index contributed by atoms with van der Waals surface area (Å²) in [7, 11) is 0. The van der Waals surface area contributed by atoms with Crippen molar-refractivity contribution in [2.45, 2.75) is 97.6 Å². The van der Waals surface area contributed by atoms with Gasteiger partial charge in [-0.1, -0.05) is 58.8 Å². The number of hydrogen-bond acceptors (Lipinski definition) is 2. The van der Waals surface area contributed by atoms with Gasteiger partial charge in [0.2, 0.25) is 0 Å². The average molecular weight is 322 g/mol. The van der Waals surface area contributed by atoms with Crippen molar-refractivity contribution in [3.63, 3.8) is 0 Å². The van der Waals surface area contributed by atoms with Crippen LogP contribution in [0.15, 0.2) is 12.4 Å². The predicted octanol–water partition coefficient (Wildman–Crippen LogP) is 3.01. The van der Waals surface area contributed by atoms with Crippen LogP contribution in [-0.2, 0) is 24.3 Å². The van der Waals surface area contributed by atoms with E-state index in [1.165, 1.54) is 57.2 Å². The van der Waals surface area contributed by atoms with Gasteiger partial charge in [-0.2, -0.15) is 0 Å². The molecule has 1 rings (SSSR count). The lowest BCUT2D eigenvalue weighted by molar-refractivity contribution is -0.703. The number of aliphatic carboxylic acids is 1. The van der Waals surface area contributed by atoms with E-state index in [2.05, 4.69) is 29.2 Å². The Morgan fingerprint density at radius 1 is 1.04 bits per heavy atom. The van der Waals surface area contributed by atoms with Crippen molar-refractivity contribution in [2.75, 3.05) is 0 Å². The van der Waals surface area contributed by atoms with Gasteiger partial charge in [0.15, 0.2) is 0 Å². The molecule has 132 valence electrons. The minimum atomic E-state index is -0.973. The van der Waals surface area contributed by atoms with Crippen LogP contribution < -0.4 is 9.67 Å². The molecule has 4 nitrogen and oxygen atoms in total. The van der Waals surface area contributed by atoms with E-state index in [1.807, 2.05) is 6.20 Å². The van der Waals surface area contributed by atoms with Gasteiger partial charge in [0, 0.05) is 18.8 Å². The molecular weight excluding hydrogens is 288 g/mol. The highest BCUT2D eigenvalue weighted by molar-refractivity contribution is 5.64. The standard InChI is InChI=1S/C19H34N2O2/c1-3-5-6-7-8-9-10-11-12-18-20(14-4-2)16-17-21(18)15-13-19(22)23/h16-17H,3-15H2,1-2H3. The third-order valence-corrected chi connectivity index (χ3v) is 4.36. The van der Waals surface area contributed by atoms with Gasteiger partial charge in [0.05, 0.1) is 13.1 Å². The van der Waals surface area contributed by atoms with Crippen LogP contribution in [-0.4, -0.2) is 10.5 Å². The van der Waals surface area contributed by atoms with E-state index in [4.69, 9.17) is 0 Å². The molecule has 0 aliphatic carbocycles. The molecule has 1 heterocycles. The number of carbonyl (C=O) groups excluding carboxylic acids is 1. The Morgan fingerprint density at radius 3 is 2.30 bits per heavy atom. The third-order valence-electron chi connectivity index (χ3n) is 4.36. The molecule has 1 aromatic heterocycles. The normalized spacial score (nSPS) is 11.0. The van der Waals surface area contributed by atoms with Gasteiger partial charge in [0.1, 0.15) is 12.4 Å². The molecule has 0 amide bonds. The van der Waals surface area contributed by atoms with Gasteiger partial charge in [-0.25, -0.2) is 9.13 Å². The maximum Gasteiger partial charge on any atom is 0.256 e. The number of nitrogens with zero attached hydrogens (tertiary/aromatic N) is 2. The molecule has 23 heavy (non-hydrogen) atoms. The Morgan fingerprint density at radius 2 is 1.70 bits per heavy atom. The van der Waals surface area contributed by atoms with Crippen LogP contribution in [0.2, 0.25) is 0 Å². The minimum Gasteiger partial charge on any atom is -0.550 e. The number of carboxylic acid groups (broad SMARTS) is 1. The Labute approximate surface area is 141 Å². The van der Waals surface area contributed by atoms with E-state index in [0.29, 0.717) is 6.54 Å². The lowest BCUT2D eigenvalue weighted by atomic mass is 10.1. The summed E-state index contributed by atoms with van der Waals surface area (Å²) in [4.78, 5) is 10.7. The van der Waals surface area contributed by atoms with Crippen molar-refractivity contribution in [1.29, 1.82) is 0 Å². The van der Waals surface area contributed by atoms with Crippen LogP contribution in [0.3, 0.4) is 0 Å². The highest BCUT2D eigenvalue weighted by Crippen LogP contribution is 2.11.